The molecule has 0 saturated carbocycles. The molecule has 6 heteroatoms. The third-order valence-electron chi connectivity index (χ3n) is 6.74. The summed E-state index contributed by atoms with van der Waals surface area (Å²) in [6.45, 7) is 3.78. The Morgan fingerprint density at radius 2 is 1.31 bits per heavy atom. The number of amides is 1. The van der Waals surface area contributed by atoms with Gasteiger partial charge in [0.1, 0.15) is 17.7 Å². The van der Waals surface area contributed by atoms with Crippen molar-refractivity contribution in [3.63, 3.8) is 0 Å². The molecule has 1 amide bonds. The molecule has 6 nitrogen and oxygen atoms in total. The highest BCUT2D eigenvalue weighted by Crippen LogP contribution is 2.38. The van der Waals surface area contributed by atoms with Gasteiger partial charge in [0.25, 0.3) is 5.91 Å². The first-order valence-corrected chi connectivity index (χ1v) is 11.7. The molecule has 0 aromatic heterocycles. The van der Waals surface area contributed by atoms with Crippen molar-refractivity contribution in [2.24, 2.45) is 0 Å². The Morgan fingerprint density at radius 1 is 0.771 bits per heavy atom. The molecule has 3 aromatic carbocycles. The van der Waals surface area contributed by atoms with Gasteiger partial charge in [-0.2, -0.15) is 10.5 Å². The van der Waals surface area contributed by atoms with Crippen LogP contribution < -0.4 is 4.90 Å². The Hall–Kier alpha value is -4.23. The number of rotatable bonds is 5. The van der Waals surface area contributed by atoms with Gasteiger partial charge in [-0.25, -0.2) is 0 Å². The summed E-state index contributed by atoms with van der Waals surface area (Å²) >= 11 is 0. The van der Waals surface area contributed by atoms with Crippen LogP contribution in [0.25, 0.3) is 5.57 Å². The first-order valence-electron chi connectivity index (χ1n) is 11.7. The van der Waals surface area contributed by atoms with Crippen LogP contribution in [0.4, 0.5) is 5.69 Å². The number of fused-ring (bicyclic) bond motifs is 1. The van der Waals surface area contributed by atoms with Gasteiger partial charge in [0.05, 0.1) is 24.0 Å². The third kappa shape index (κ3) is 4.34. The molecule has 3 aromatic rings. The number of para-hydroxylation sites is 1. The van der Waals surface area contributed by atoms with Crippen molar-refractivity contribution < 1.29 is 4.79 Å². The summed E-state index contributed by atoms with van der Waals surface area (Å²) in [6.07, 6.45) is 0. The number of hydrogen-bond acceptors (Lipinski definition) is 5. The van der Waals surface area contributed by atoms with E-state index in [4.69, 9.17) is 0 Å². The van der Waals surface area contributed by atoms with Crippen LogP contribution in [-0.4, -0.2) is 48.6 Å². The number of nitrogens with zero attached hydrogens (tertiary/aromatic N) is 5. The van der Waals surface area contributed by atoms with Gasteiger partial charge in [0, 0.05) is 31.7 Å². The number of carbonyl (C=O) groups excluding carboxylic acids is 1. The van der Waals surface area contributed by atoms with Crippen molar-refractivity contribution in [3.8, 4) is 12.1 Å². The average Bonchev–Trinajstić information content (AvgIpc) is 3.19. The lowest BCUT2D eigenvalue weighted by Crippen LogP contribution is -2.51. The third-order valence-corrected chi connectivity index (χ3v) is 6.74. The minimum atomic E-state index is -0.279. The Balaban J connectivity index is 1.34. The van der Waals surface area contributed by atoms with Crippen molar-refractivity contribution in [1.29, 1.82) is 10.5 Å². The van der Waals surface area contributed by atoms with Crippen LogP contribution in [0.2, 0.25) is 0 Å². The van der Waals surface area contributed by atoms with E-state index in [1.54, 1.807) is 11.0 Å². The number of carbonyl (C=O) groups is 1. The summed E-state index contributed by atoms with van der Waals surface area (Å²) in [7, 11) is 0. The van der Waals surface area contributed by atoms with Gasteiger partial charge in [0.2, 0.25) is 0 Å². The summed E-state index contributed by atoms with van der Waals surface area (Å²) in [4.78, 5) is 19.7. The summed E-state index contributed by atoms with van der Waals surface area (Å²) in [5.74, 6) is -0.279. The molecule has 1 fully saturated rings. The molecule has 0 radical (unpaired) electrons. The SMILES string of the molecule is N#CC(C#N)=C1C(=O)N(CN2CCN(C(c3ccccc3)c3ccccc3)CC2)c2ccccc21. The minimum Gasteiger partial charge on any atom is -0.294 e. The van der Waals surface area contributed by atoms with Gasteiger partial charge >= 0.3 is 0 Å². The minimum absolute atomic E-state index is 0.136. The van der Waals surface area contributed by atoms with Crippen molar-refractivity contribution >= 4 is 17.2 Å². The largest absolute Gasteiger partial charge is 0.294 e. The van der Waals surface area contributed by atoms with E-state index < -0.39 is 0 Å². The van der Waals surface area contributed by atoms with Crippen LogP contribution in [0.1, 0.15) is 22.7 Å². The maximum Gasteiger partial charge on any atom is 0.262 e. The van der Waals surface area contributed by atoms with E-state index in [2.05, 4.69) is 58.3 Å². The van der Waals surface area contributed by atoms with E-state index in [-0.39, 0.29) is 23.1 Å². The van der Waals surface area contributed by atoms with E-state index in [1.165, 1.54) is 11.1 Å². The van der Waals surface area contributed by atoms with Gasteiger partial charge in [-0.05, 0) is 17.2 Å². The fourth-order valence-corrected chi connectivity index (χ4v) is 5.05. The second-order valence-corrected chi connectivity index (χ2v) is 8.74. The average molecular weight is 460 g/mol. The molecule has 0 N–H and O–H groups in total. The summed E-state index contributed by atoms with van der Waals surface area (Å²) < 4.78 is 0. The van der Waals surface area contributed by atoms with Gasteiger partial charge in [-0.3, -0.25) is 19.5 Å². The van der Waals surface area contributed by atoms with Crippen LogP contribution >= 0.6 is 0 Å². The molecule has 35 heavy (non-hydrogen) atoms. The molecule has 0 bridgehead atoms. The van der Waals surface area contributed by atoms with Crippen molar-refractivity contribution in [1.82, 2.24) is 9.80 Å². The topological polar surface area (TPSA) is 74.4 Å². The fourth-order valence-electron chi connectivity index (χ4n) is 5.05. The van der Waals surface area contributed by atoms with E-state index >= 15 is 0 Å². The molecule has 0 aliphatic carbocycles. The zero-order valence-corrected chi connectivity index (χ0v) is 19.3. The van der Waals surface area contributed by atoms with E-state index in [0.717, 1.165) is 31.9 Å². The van der Waals surface area contributed by atoms with E-state index in [0.29, 0.717) is 12.2 Å². The maximum absolute atomic E-state index is 13.3. The molecule has 2 heterocycles. The zero-order chi connectivity index (χ0) is 24.2. The summed E-state index contributed by atoms with van der Waals surface area (Å²) in [6, 6.07) is 32.5. The molecule has 2 aliphatic rings. The number of anilines is 1. The normalized spacial score (nSPS) is 16.1. The molecular formula is C29H25N5O. The first kappa shape index (κ1) is 22.6. The van der Waals surface area contributed by atoms with Crippen LogP contribution in [0.3, 0.4) is 0 Å². The highest BCUT2D eigenvalue weighted by atomic mass is 16.2. The summed E-state index contributed by atoms with van der Waals surface area (Å²) in [5, 5.41) is 18.8. The lowest BCUT2D eigenvalue weighted by molar-refractivity contribution is -0.113. The van der Waals surface area contributed by atoms with Crippen LogP contribution in [0, 0.1) is 22.7 Å². The zero-order valence-electron chi connectivity index (χ0n) is 19.3. The second kappa shape index (κ2) is 9.95. The van der Waals surface area contributed by atoms with Gasteiger partial charge in [0.15, 0.2) is 0 Å². The number of piperazine rings is 1. The Labute approximate surface area is 205 Å². The quantitative estimate of drug-likeness (QED) is 0.422. The standard InChI is InChI=1S/C29H25N5O/c30-19-24(20-31)27-25-13-7-8-14-26(25)34(29(27)35)21-32-15-17-33(18-16-32)28(22-9-3-1-4-10-22)23-11-5-2-6-12-23/h1-14,28H,15-18,21H2. The second-order valence-electron chi connectivity index (χ2n) is 8.74. The Bertz CT molecular complexity index is 1270. The fraction of sp³-hybridized carbons (Fsp3) is 0.207. The highest BCUT2D eigenvalue weighted by molar-refractivity contribution is 6.34. The molecular weight excluding hydrogens is 434 g/mol. The molecule has 0 spiro atoms. The van der Waals surface area contributed by atoms with Crippen LogP contribution in [0.15, 0.2) is 90.5 Å². The molecule has 5 rings (SSSR count). The molecule has 172 valence electrons. The first-order chi connectivity index (χ1) is 17.2. The Morgan fingerprint density at radius 3 is 1.89 bits per heavy atom. The number of hydrogen-bond donors (Lipinski definition) is 0. The van der Waals surface area contributed by atoms with Crippen LogP contribution in [-0.2, 0) is 4.79 Å². The monoisotopic (exact) mass is 459 g/mol. The number of allylic oxidation sites excluding steroid dienone is 1. The smallest absolute Gasteiger partial charge is 0.262 e. The highest BCUT2D eigenvalue weighted by Gasteiger charge is 2.36. The molecule has 0 atom stereocenters. The van der Waals surface area contributed by atoms with E-state index in [9.17, 15) is 15.3 Å². The maximum atomic E-state index is 13.3. The number of benzene rings is 3. The van der Waals surface area contributed by atoms with Crippen molar-refractivity contribution in [2.75, 3.05) is 37.7 Å². The van der Waals surface area contributed by atoms with Gasteiger partial charge in [-0.1, -0.05) is 78.9 Å². The lowest BCUT2D eigenvalue weighted by Gasteiger charge is -2.40. The van der Waals surface area contributed by atoms with Gasteiger partial charge in [-0.15, -0.1) is 0 Å². The predicted molar refractivity (Wildman–Crippen MR) is 135 cm³/mol. The molecule has 2 aliphatic heterocycles. The Kier molecular flexibility index (Phi) is 6.41. The molecule has 1 saturated heterocycles. The number of nitriles is 2. The predicted octanol–water partition coefficient (Wildman–Crippen LogP) is 4.20. The van der Waals surface area contributed by atoms with Crippen molar-refractivity contribution in [2.45, 2.75) is 6.04 Å². The lowest BCUT2D eigenvalue weighted by atomic mass is 9.96. The molecule has 0 unspecified atom stereocenters. The van der Waals surface area contributed by atoms with Crippen molar-refractivity contribution in [3.05, 3.63) is 107 Å². The summed E-state index contributed by atoms with van der Waals surface area (Å²) in [5.41, 5.74) is 4.02. The van der Waals surface area contributed by atoms with E-state index in [1.807, 2.05) is 42.5 Å². The van der Waals surface area contributed by atoms with Crippen LogP contribution in [0.5, 0.6) is 0 Å². The van der Waals surface area contributed by atoms with Gasteiger partial charge < -0.3 is 0 Å².